The van der Waals surface area contributed by atoms with Crippen molar-refractivity contribution in [1.29, 1.82) is 0 Å². The number of hydrogen-bond acceptors (Lipinski definition) is 9. The third-order valence-electron chi connectivity index (χ3n) is 3.54. The summed E-state index contributed by atoms with van der Waals surface area (Å²) < 4.78 is 27.4. The first-order valence-corrected chi connectivity index (χ1v) is 8.88. The lowest BCUT2D eigenvalue weighted by Gasteiger charge is -2.46. The van der Waals surface area contributed by atoms with Crippen LogP contribution in [0.1, 0.15) is 48.5 Å². The van der Waals surface area contributed by atoms with Gasteiger partial charge in [-0.2, -0.15) is 0 Å². The molecule has 0 aromatic carbocycles. The Morgan fingerprint density at radius 2 is 1.43 bits per heavy atom. The van der Waals surface area contributed by atoms with Crippen LogP contribution in [0, 0.1) is 0 Å². The standard InChI is InChI=1S/C18H29NO9/c1-9(20)19-14-16(26-12(4)23)15(25-11(3)22)13(8-24-10(2)21)27-17(14)28-18(5,6)7/h13-17H,8H2,1-7H3,(H,19,20)/t13-,14+,15+,16-,17+/m1/s1. The predicted octanol–water partition coefficient (Wildman–Crippen LogP) is 0.458. The van der Waals surface area contributed by atoms with E-state index in [-0.39, 0.29) is 6.61 Å². The van der Waals surface area contributed by atoms with Gasteiger partial charge in [0.2, 0.25) is 5.91 Å². The molecule has 160 valence electrons. The monoisotopic (exact) mass is 403 g/mol. The summed E-state index contributed by atoms with van der Waals surface area (Å²) in [6.07, 6.45) is -4.28. The number of carbonyl (C=O) groups excluding carboxylic acids is 4. The van der Waals surface area contributed by atoms with E-state index in [1.54, 1.807) is 20.8 Å². The molecule has 10 nitrogen and oxygen atoms in total. The summed E-state index contributed by atoms with van der Waals surface area (Å²) in [5, 5.41) is 2.63. The van der Waals surface area contributed by atoms with Crippen molar-refractivity contribution in [1.82, 2.24) is 5.32 Å². The van der Waals surface area contributed by atoms with E-state index < -0.39 is 60.1 Å². The lowest BCUT2D eigenvalue weighted by atomic mass is 9.95. The Labute approximate surface area is 164 Å². The van der Waals surface area contributed by atoms with Gasteiger partial charge < -0.3 is 29.0 Å². The Balaban J connectivity index is 3.33. The van der Waals surface area contributed by atoms with Gasteiger partial charge in [0.1, 0.15) is 18.8 Å². The molecule has 1 fully saturated rings. The fourth-order valence-electron chi connectivity index (χ4n) is 2.74. The van der Waals surface area contributed by atoms with Gasteiger partial charge >= 0.3 is 17.9 Å². The largest absolute Gasteiger partial charge is 0.463 e. The van der Waals surface area contributed by atoms with E-state index in [0.717, 1.165) is 0 Å². The van der Waals surface area contributed by atoms with Gasteiger partial charge in [0.25, 0.3) is 0 Å². The van der Waals surface area contributed by atoms with Gasteiger partial charge in [-0.15, -0.1) is 0 Å². The number of carbonyl (C=O) groups is 4. The zero-order valence-electron chi connectivity index (χ0n) is 17.3. The quantitative estimate of drug-likeness (QED) is 0.497. The minimum Gasteiger partial charge on any atom is -0.463 e. The number of hydrogen-bond donors (Lipinski definition) is 1. The summed E-state index contributed by atoms with van der Waals surface area (Å²) in [7, 11) is 0. The van der Waals surface area contributed by atoms with Crippen molar-refractivity contribution < 1.29 is 42.9 Å². The van der Waals surface area contributed by atoms with E-state index in [9.17, 15) is 19.2 Å². The number of rotatable bonds is 6. The van der Waals surface area contributed by atoms with Crippen LogP contribution in [0.3, 0.4) is 0 Å². The molecule has 1 aliphatic rings. The third-order valence-corrected chi connectivity index (χ3v) is 3.54. The van der Waals surface area contributed by atoms with E-state index in [0.29, 0.717) is 0 Å². The van der Waals surface area contributed by atoms with E-state index in [1.165, 1.54) is 27.7 Å². The molecular formula is C18H29NO9. The highest BCUT2D eigenvalue weighted by Gasteiger charge is 2.52. The number of ether oxygens (including phenoxy) is 5. The Hall–Kier alpha value is -2.20. The first-order valence-electron chi connectivity index (χ1n) is 8.88. The maximum atomic E-state index is 11.7. The van der Waals surface area contributed by atoms with Crippen molar-refractivity contribution >= 4 is 23.8 Å². The average Bonchev–Trinajstić information content (AvgIpc) is 2.48. The van der Waals surface area contributed by atoms with Gasteiger partial charge in [-0.05, 0) is 20.8 Å². The van der Waals surface area contributed by atoms with Crippen LogP contribution < -0.4 is 5.32 Å². The number of amides is 1. The van der Waals surface area contributed by atoms with E-state index in [4.69, 9.17) is 23.7 Å². The third kappa shape index (κ3) is 7.81. The SMILES string of the molecule is CC(=O)N[C@@H]1[C@H](OC(C)(C)C)O[C@H](COC(C)=O)[C@H](OC(C)=O)[C@@H]1OC(C)=O. The summed E-state index contributed by atoms with van der Waals surface area (Å²) in [4.78, 5) is 46.3. The maximum Gasteiger partial charge on any atom is 0.303 e. The Kier molecular flexibility index (Phi) is 8.37. The molecule has 0 saturated carbocycles. The first-order chi connectivity index (χ1) is 12.8. The van der Waals surface area contributed by atoms with Gasteiger partial charge in [0.15, 0.2) is 18.5 Å². The van der Waals surface area contributed by atoms with Crippen LogP contribution in [-0.2, 0) is 42.9 Å². The molecule has 1 N–H and O–H groups in total. The van der Waals surface area contributed by atoms with Crippen LogP contribution in [0.2, 0.25) is 0 Å². The Bertz CT molecular complexity index is 598. The molecule has 0 bridgehead atoms. The lowest BCUT2D eigenvalue weighted by molar-refractivity contribution is -0.297. The summed E-state index contributed by atoms with van der Waals surface area (Å²) in [6.45, 7) is 9.94. The van der Waals surface area contributed by atoms with Crippen LogP contribution in [0.4, 0.5) is 0 Å². The highest BCUT2D eigenvalue weighted by molar-refractivity contribution is 5.73. The molecule has 5 atom stereocenters. The van der Waals surface area contributed by atoms with Gasteiger partial charge in [0, 0.05) is 27.7 Å². The Morgan fingerprint density at radius 3 is 1.86 bits per heavy atom. The molecule has 1 rings (SSSR count). The highest BCUT2D eigenvalue weighted by Crippen LogP contribution is 2.30. The smallest absolute Gasteiger partial charge is 0.303 e. The first kappa shape index (κ1) is 23.8. The Morgan fingerprint density at radius 1 is 0.893 bits per heavy atom. The number of nitrogens with one attached hydrogen (secondary N) is 1. The van der Waals surface area contributed by atoms with Crippen molar-refractivity contribution in [2.45, 2.75) is 84.7 Å². The van der Waals surface area contributed by atoms with Gasteiger partial charge in [-0.3, -0.25) is 19.2 Å². The van der Waals surface area contributed by atoms with Crippen molar-refractivity contribution in [2.75, 3.05) is 6.61 Å². The van der Waals surface area contributed by atoms with Crippen LogP contribution in [0.5, 0.6) is 0 Å². The molecule has 0 aliphatic carbocycles. The molecule has 0 aromatic rings. The van der Waals surface area contributed by atoms with Crippen molar-refractivity contribution in [2.24, 2.45) is 0 Å². The molecule has 1 saturated heterocycles. The molecule has 1 heterocycles. The molecule has 1 aliphatic heterocycles. The normalized spacial score (nSPS) is 27.5. The summed E-state index contributed by atoms with van der Waals surface area (Å²) >= 11 is 0. The van der Waals surface area contributed by atoms with Crippen molar-refractivity contribution in [3.8, 4) is 0 Å². The second-order valence-electron chi connectivity index (χ2n) is 7.45. The van der Waals surface area contributed by atoms with Crippen LogP contribution in [-0.4, -0.2) is 66.7 Å². The molecule has 28 heavy (non-hydrogen) atoms. The molecule has 0 unspecified atom stereocenters. The molecule has 1 amide bonds. The zero-order valence-corrected chi connectivity index (χ0v) is 17.3. The minimum atomic E-state index is -1.13. The molecule has 0 radical (unpaired) electrons. The fourth-order valence-corrected chi connectivity index (χ4v) is 2.74. The lowest BCUT2D eigenvalue weighted by Crippen LogP contribution is -2.67. The zero-order chi connectivity index (χ0) is 21.6. The molecule has 0 aromatic heterocycles. The summed E-state index contributed by atoms with van der Waals surface area (Å²) in [5.74, 6) is -2.30. The van der Waals surface area contributed by atoms with Gasteiger partial charge in [0.05, 0.1) is 5.60 Å². The summed E-state index contributed by atoms with van der Waals surface area (Å²) in [6, 6.07) is -0.960. The van der Waals surface area contributed by atoms with Crippen LogP contribution in [0.15, 0.2) is 0 Å². The molecular weight excluding hydrogens is 374 g/mol. The second-order valence-corrected chi connectivity index (χ2v) is 7.45. The highest BCUT2D eigenvalue weighted by atomic mass is 16.7. The van der Waals surface area contributed by atoms with Crippen LogP contribution in [0.25, 0.3) is 0 Å². The van der Waals surface area contributed by atoms with Crippen molar-refractivity contribution in [3.05, 3.63) is 0 Å². The molecule has 0 spiro atoms. The van der Waals surface area contributed by atoms with Gasteiger partial charge in [-0.25, -0.2) is 0 Å². The number of esters is 3. The van der Waals surface area contributed by atoms with E-state index in [2.05, 4.69) is 5.32 Å². The predicted molar refractivity (Wildman–Crippen MR) is 94.8 cm³/mol. The van der Waals surface area contributed by atoms with E-state index >= 15 is 0 Å². The minimum absolute atomic E-state index is 0.262. The van der Waals surface area contributed by atoms with Gasteiger partial charge in [-0.1, -0.05) is 0 Å². The average molecular weight is 403 g/mol. The topological polar surface area (TPSA) is 126 Å². The second kappa shape index (κ2) is 9.83. The van der Waals surface area contributed by atoms with E-state index in [1.807, 2.05) is 0 Å². The van der Waals surface area contributed by atoms with Crippen molar-refractivity contribution in [3.63, 3.8) is 0 Å². The fraction of sp³-hybridized carbons (Fsp3) is 0.778. The van der Waals surface area contributed by atoms with Crippen LogP contribution >= 0.6 is 0 Å². The maximum absolute atomic E-state index is 11.7. The molecule has 10 heteroatoms. The summed E-state index contributed by atoms with van der Waals surface area (Å²) in [5.41, 5.74) is -0.678.